The van der Waals surface area contributed by atoms with Gasteiger partial charge in [0.15, 0.2) is 0 Å². The highest BCUT2D eigenvalue weighted by Gasteiger charge is 2.19. The molecule has 0 aliphatic heterocycles. The quantitative estimate of drug-likeness (QED) is 0.688. The zero-order valence-corrected chi connectivity index (χ0v) is 11.5. The lowest BCUT2D eigenvalue weighted by molar-refractivity contribution is -0.385. The largest absolute Gasteiger partial charge is 0.269 e. The SMILES string of the molecule is NS(=O)(=O)c1ccc([N+](=O)[O-])cc1Cc1ccccc1F. The number of nitrogens with zero attached hydrogens (tertiary/aromatic N) is 1. The lowest BCUT2D eigenvalue weighted by Gasteiger charge is -2.08. The summed E-state index contributed by atoms with van der Waals surface area (Å²) in [5.41, 5.74) is 0.0217. The van der Waals surface area contributed by atoms with Gasteiger partial charge in [-0.05, 0) is 23.3 Å². The van der Waals surface area contributed by atoms with Gasteiger partial charge in [0.05, 0.1) is 9.82 Å². The molecule has 0 aromatic heterocycles. The minimum Gasteiger partial charge on any atom is -0.258 e. The Kier molecular flexibility index (Phi) is 4.01. The van der Waals surface area contributed by atoms with Gasteiger partial charge in [-0.2, -0.15) is 0 Å². The molecule has 0 aliphatic carbocycles. The molecule has 0 saturated heterocycles. The number of halogens is 1. The van der Waals surface area contributed by atoms with Gasteiger partial charge in [0.2, 0.25) is 10.0 Å². The van der Waals surface area contributed by atoms with Gasteiger partial charge in [0.25, 0.3) is 5.69 Å². The molecular formula is C13H11FN2O4S. The van der Waals surface area contributed by atoms with Crippen LogP contribution in [0.4, 0.5) is 10.1 Å². The van der Waals surface area contributed by atoms with E-state index in [-0.39, 0.29) is 28.1 Å². The van der Waals surface area contributed by atoms with Crippen LogP contribution in [0, 0.1) is 15.9 Å². The number of non-ortho nitro benzene ring substituents is 1. The standard InChI is InChI=1S/C13H11FN2O4S/c14-12-4-2-1-3-9(12)7-10-8-11(16(17)18)5-6-13(10)21(15,19)20/h1-6,8H,7H2,(H2,15,19,20). The average molecular weight is 310 g/mol. The molecular weight excluding hydrogens is 299 g/mol. The van der Waals surface area contributed by atoms with Gasteiger partial charge < -0.3 is 0 Å². The van der Waals surface area contributed by atoms with Crippen molar-refractivity contribution in [1.29, 1.82) is 0 Å². The van der Waals surface area contributed by atoms with Crippen molar-refractivity contribution in [3.8, 4) is 0 Å². The normalized spacial score (nSPS) is 11.3. The Hall–Kier alpha value is -2.32. The highest BCUT2D eigenvalue weighted by atomic mass is 32.2. The Labute approximate surface area is 120 Å². The molecule has 0 aliphatic rings. The van der Waals surface area contributed by atoms with E-state index in [9.17, 15) is 22.9 Å². The summed E-state index contributed by atoms with van der Waals surface area (Å²) < 4.78 is 36.7. The molecule has 2 aromatic carbocycles. The highest BCUT2D eigenvalue weighted by Crippen LogP contribution is 2.24. The molecule has 2 aromatic rings. The summed E-state index contributed by atoms with van der Waals surface area (Å²) in [4.78, 5) is 9.88. The van der Waals surface area contributed by atoms with Crippen LogP contribution in [0.2, 0.25) is 0 Å². The topological polar surface area (TPSA) is 103 Å². The van der Waals surface area contributed by atoms with Crippen molar-refractivity contribution < 1.29 is 17.7 Å². The number of nitro benzene ring substituents is 1. The monoisotopic (exact) mass is 310 g/mol. The van der Waals surface area contributed by atoms with Crippen LogP contribution in [0.5, 0.6) is 0 Å². The van der Waals surface area contributed by atoms with Crippen LogP contribution in [0.1, 0.15) is 11.1 Å². The molecule has 0 fully saturated rings. The van der Waals surface area contributed by atoms with Crippen LogP contribution in [0.3, 0.4) is 0 Å². The Morgan fingerprint density at radius 1 is 1.14 bits per heavy atom. The van der Waals surface area contributed by atoms with Gasteiger partial charge in [0.1, 0.15) is 5.82 Å². The van der Waals surface area contributed by atoms with Crippen LogP contribution in [0.25, 0.3) is 0 Å². The van der Waals surface area contributed by atoms with Crippen molar-refractivity contribution in [2.45, 2.75) is 11.3 Å². The van der Waals surface area contributed by atoms with Gasteiger partial charge in [-0.15, -0.1) is 0 Å². The highest BCUT2D eigenvalue weighted by molar-refractivity contribution is 7.89. The van der Waals surface area contributed by atoms with E-state index in [1.165, 1.54) is 18.2 Å². The molecule has 21 heavy (non-hydrogen) atoms. The number of hydrogen-bond donors (Lipinski definition) is 1. The maximum Gasteiger partial charge on any atom is 0.269 e. The molecule has 110 valence electrons. The Morgan fingerprint density at radius 2 is 1.81 bits per heavy atom. The number of hydrogen-bond acceptors (Lipinski definition) is 4. The van der Waals surface area contributed by atoms with Gasteiger partial charge in [-0.25, -0.2) is 17.9 Å². The second kappa shape index (κ2) is 5.58. The summed E-state index contributed by atoms with van der Waals surface area (Å²) in [6.45, 7) is 0. The van der Waals surface area contributed by atoms with Crippen molar-refractivity contribution in [1.82, 2.24) is 0 Å². The van der Waals surface area contributed by atoms with E-state index in [0.717, 1.165) is 18.2 Å². The molecule has 2 N–H and O–H groups in total. The molecule has 2 rings (SSSR count). The third kappa shape index (κ3) is 3.41. The number of benzene rings is 2. The van der Waals surface area contributed by atoms with E-state index in [4.69, 9.17) is 5.14 Å². The fourth-order valence-corrected chi connectivity index (χ4v) is 2.70. The summed E-state index contributed by atoms with van der Waals surface area (Å²) >= 11 is 0. The first-order chi connectivity index (χ1) is 9.79. The van der Waals surface area contributed by atoms with E-state index in [1.54, 1.807) is 6.07 Å². The first-order valence-corrected chi connectivity index (χ1v) is 7.37. The first-order valence-electron chi connectivity index (χ1n) is 5.82. The predicted octanol–water partition coefficient (Wildman–Crippen LogP) is 1.97. The van der Waals surface area contributed by atoms with Crippen molar-refractivity contribution in [2.75, 3.05) is 0 Å². The van der Waals surface area contributed by atoms with Gasteiger partial charge in [-0.1, -0.05) is 18.2 Å². The van der Waals surface area contributed by atoms with E-state index in [0.29, 0.717) is 0 Å². The van der Waals surface area contributed by atoms with Crippen LogP contribution in [-0.4, -0.2) is 13.3 Å². The van der Waals surface area contributed by atoms with E-state index in [2.05, 4.69) is 0 Å². The minimum absolute atomic E-state index is 0.0804. The van der Waals surface area contributed by atoms with Crippen LogP contribution < -0.4 is 5.14 Å². The van der Waals surface area contributed by atoms with Gasteiger partial charge >= 0.3 is 0 Å². The summed E-state index contributed by atoms with van der Waals surface area (Å²) in [7, 11) is -4.05. The Bertz CT molecular complexity index is 806. The molecule has 0 saturated carbocycles. The molecule has 0 heterocycles. The fourth-order valence-electron chi connectivity index (χ4n) is 1.94. The minimum atomic E-state index is -4.05. The maximum atomic E-state index is 13.6. The molecule has 0 radical (unpaired) electrons. The van der Waals surface area contributed by atoms with Gasteiger partial charge in [-0.3, -0.25) is 10.1 Å². The van der Waals surface area contributed by atoms with E-state index < -0.39 is 20.8 Å². The third-order valence-corrected chi connectivity index (χ3v) is 3.91. The van der Waals surface area contributed by atoms with Crippen molar-refractivity contribution in [3.63, 3.8) is 0 Å². The maximum absolute atomic E-state index is 13.6. The molecule has 0 bridgehead atoms. The van der Waals surface area contributed by atoms with Crippen LogP contribution in [0.15, 0.2) is 47.4 Å². The molecule has 6 nitrogen and oxygen atoms in total. The molecule has 0 spiro atoms. The van der Waals surface area contributed by atoms with E-state index >= 15 is 0 Å². The van der Waals surface area contributed by atoms with Crippen molar-refractivity contribution in [3.05, 3.63) is 69.5 Å². The predicted molar refractivity (Wildman–Crippen MR) is 73.7 cm³/mol. The lowest BCUT2D eigenvalue weighted by Crippen LogP contribution is -2.15. The third-order valence-electron chi connectivity index (χ3n) is 2.90. The van der Waals surface area contributed by atoms with Crippen molar-refractivity contribution >= 4 is 15.7 Å². The number of primary sulfonamides is 1. The zero-order valence-electron chi connectivity index (χ0n) is 10.7. The fraction of sp³-hybridized carbons (Fsp3) is 0.0769. The average Bonchev–Trinajstić information content (AvgIpc) is 2.40. The van der Waals surface area contributed by atoms with Gasteiger partial charge in [0, 0.05) is 18.6 Å². The number of nitrogens with two attached hydrogens (primary N) is 1. The lowest BCUT2D eigenvalue weighted by atomic mass is 10.0. The van der Waals surface area contributed by atoms with Crippen LogP contribution in [-0.2, 0) is 16.4 Å². The van der Waals surface area contributed by atoms with Crippen molar-refractivity contribution in [2.24, 2.45) is 5.14 Å². The Morgan fingerprint density at radius 3 is 2.38 bits per heavy atom. The molecule has 0 unspecified atom stereocenters. The zero-order chi connectivity index (χ0) is 15.6. The molecule has 8 heteroatoms. The molecule has 0 atom stereocenters. The Balaban J connectivity index is 2.57. The number of rotatable bonds is 4. The summed E-state index contributed by atoms with van der Waals surface area (Å²) in [5.74, 6) is -0.524. The summed E-state index contributed by atoms with van der Waals surface area (Å²) in [6, 6.07) is 8.98. The second-order valence-electron chi connectivity index (χ2n) is 4.36. The smallest absolute Gasteiger partial charge is 0.258 e. The summed E-state index contributed by atoms with van der Waals surface area (Å²) in [5, 5.41) is 15.9. The van der Waals surface area contributed by atoms with E-state index in [1.807, 2.05) is 0 Å². The second-order valence-corrected chi connectivity index (χ2v) is 5.89. The number of nitro groups is 1. The molecule has 0 amide bonds. The van der Waals surface area contributed by atoms with Crippen LogP contribution >= 0.6 is 0 Å². The summed E-state index contributed by atoms with van der Waals surface area (Å²) in [6.07, 6.45) is -0.111. The number of sulfonamides is 1. The first kappa shape index (κ1) is 15.1.